The molecule has 5 heteroatoms. The Bertz CT molecular complexity index is 726. The third-order valence-corrected chi connectivity index (χ3v) is 3.33. The summed E-state index contributed by atoms with van der Waals surface area (Å²) in [5.41, 5.74) is 1.05. The molecule has 2 aromatic rings. The summed E-state index contributed by atoms with van der Waals surface area (Å²) < 4.78 is 24.1. The molecule has 3 nitrogen and oxygen atoms in total. The van der Waals surface area contributed by atoms with E-state index >= 15 is 0 Å². The molecule has 0 aliphatic carbocycles. The average Bonchev–Trinajstić information content (AvgIpc) is 2.98. The van der Waals surface area contributed by atoms with E-state index < -0.39 is 5.97 Å². The highest BCUT2D eigenvalue weighted by atomic mass is 127. The molecule has 0 amide bonds. The minimum atomic E-state index is -0.448. The van der Waals surface area contributed by atoms with Crippen LogP contribution in [0, 0.1) is 9.58 Å². The molecule has 1 aromatic carbocycles. The zero-order chi connectivity index (χ0) is 14.1. The van der Waals surface area contributed by atoms with Crippen LogP contribution in [0.5, 0.6) is 0 Å². The van der Waals surface area contributed by atoms with Gasteiger partial charge in [-0.2, -0.15) is 0 Å². The molecule has 1 aliphatic rings. The van der Waals surface area contributed by atoms with E-state index in [0.717, 1.165) is 3.77 Å². The van der Waals surface area contributed by atoms with Crippen LogP contribution in [0.4, 0.5) is 4.39 Å². The van der Waals surface area contributed by atoms with Crippen molar-refractivity contribution in [2.75, 3.05) is 0 Å². The van der Waals surface area contributed by atoms with Gasteiger partial charge in [-0.1, -0.05) is 0 Å². The number of ether oxygens (including phenoxy) is 1. The second-order valence-electron chi connectivity index (χ2n) is 4.15. The lowest BCUT2D eigenvalue weighted by Crippen LogP contribution is -1.96. The third kappa shape index (κ3) is 2.67. The fourth-order valence-electron chi connectivity index (χ4n) is 1.80. The van der Waals surface area contributed by atoms with Crippen molar-refractivity contribution in [1.82, 2.24) is 0 Å². The van der Waals surface area contributed by atoms with Crippen LogP contribution in [0.3, 0.4) is 0 Å². The number of rotatable bonds is 2. The van der Waals surface area contributed by atoms with Gasteiger partial charge in [0.25, 0.3) is 0 Å². The molecule has 0 saturated heterocycles. The molecule has 2 heterocycles. The first kappa shape index (κ1) is 13.1. The highest BCUT2D eigenvalue weighted by molar-refractivity contribution is 14.1. The summed E-state index contributed by atoms with van der Waals surface area (Å²) in [6.45, 7) is 0. The Morgan fingerprint density at radius 1 is 1.10 bits per heavy atom. The van der Waals surface area contributed by atoms with Gasteiger partial charge < -0.3 is 9.15 Å². The van der Waals surface area contributed by atoms with E-state index in [2.05, 4.69) is 0 Å². The van der Waals surface area contributed by atoms with Gasteiger partial charge in [-0.3, -0.25) is 0 Å². The Labute approximate surface area is 127 Å². The Morgan fingerprint density at radius 2 is 1.85 bits per heavy atom. The van der Waals surface area contributed by atoms with Gasteiger partial charge in [0, 0.05) is 5.56 Å². The van der Waals surface area contributed by atoms with Crippen LogP contribution in [-0.4, -0.2) is 5.97 Å². The fourth-order valence-corrected chi connectivity index (χ4v) is 2.24. The van der Waals surface area contributed by atoms with Gasteiger partial charge in [0.05, 0.1) is 5.57 Å². The van der Waals surface area contributed by atoms with E-state index in [4.69, 9.17) is 9.15 Å². The van der Waals surface area contributed by atoms with Crippen LogP contribution in [0.2, 0.25) is 0 Å². The molecule has 100 valence electrons. The summed E-state index contributed by atoms with van der Waals surface area (Å²) in [6, 6.07) is 9.34. The number of cyclic esters (lactones) is 1. The summed E-state index contributed by atoms with van der Waals surface area (Å²) in [5.74, 6) is 0.204. The van der Waals surface area contributed by atoms with Crippen molar-refractivity contribution in [3.8, 4) is 0 Å². The number of benzene rings is 1. The lowest BCUT2D eigenvalue weighted by Gasteiger charge is -2.00. The number of halogens is 2. The highest BCUT2D eigenvalue weighted by Crippen LogP contribution is 2.27. The standard InChI is InChI=1S/C15H8FIO3/c16-11-3-1-9(2-4-11)13-8-10(15(18)20-13)7-12-5-6-14(17)19-12/h1-8H. The minimum Gasteiger partial charge on any atom is -0.451 e. The predicted octanol–water partition coefficient (Wildman–Crippen LogP) is 4.00. The van der Waals surface area contributed by atoms with E-state index in [9.17, 15) is 9.18 Å². The van der Waals surface area contributed by atoms with Crippen LogP contribution >= 0.6 is 22.6 Å². The van der Waals surface area contributed by atoms with E-state index in [1.54, 1.807) is 36.4 Å². The molecule has 20 heavy (non-hydrogen) atoms. The van der Waals surface area contributed by atoms with Gasteiger partial charge in [0.1, 0.15) is 17.3 Å². The average molecular weight is 382 g/mol. The minimum absolute atomic E-state index is 0.334. The Morgan fingerprint density at radius 3 is 2.50 bits per heavy atom. The topological polar surface area (TPSA) is 39.4 Å². The van der Waals surface area contributed by atoms with Crippen LogP contribution in [0.15, 0.2) is 52.5 Å². The lowest BCUT2D eigenvalue weighted by atomic mass is 10.1. The normalized spacial score (nSPS) is 16.4. The van der Waals surface area contributed by atoms with Crippen molar-refractivity contribution in [2.24, 2.45) is 0 Å². The van der Waals surface area contributed by atoms with Gasteiger partial charge in [-0.05, 0) is 71.1 Å². The molecule has 1 aromatic heterocycles. The molecular formula is C15H8FIO3. The molecule has 0 spiro atoms. The molecular weight excluding hydrogens is 374 g/mol. The highest BCUT2D eigenvalue weighted by Gasteiger charge is 2.22. The van der Waals surface area contributed by atoms with Crippen molar-refractivity contribution >= 4 is 40.4 Å². The molecule has 0 N–H and O–H groups in total. The maximum atomic E-state index is 12.9. The number of carbonyl (C=O) groups excluding carboxylic acids is 1. The third-order valence-electron chi connectivity index (χ3n) is 2.75. The van der Waals surface area contributed by atoms with Crippen molar-refractivity contribution in [1.29, 1.82) is 0 Å². The second-order valence-corrected chi connectivity index (χ2v) is 5.21. The first-order chi connectivity index (χ1) is 9.61. The number of hydrogen-bond acceptors (Lipinski definition) is 3. The predicted molar refractivity (Wildman–Crippen MR) is 79.9 cm³/mol. The summed E-state index contributed by atoms with van der Waals surface area (Å²) >= 11 is 2.05. The molecule has 0 atom stereocenters. The fraction of sp³-hybridized carbons (Fsp3) is 0. The number of esters is 1. The Balaban J connectivity index is 1.92. The molecule has 0 saturated carbocycles. The molecule has 3 rings (SSSR count). The van der Waals surface area contributed by atoms with Crippen molar-refractivity contribution in [3.05, 3.63) is 69.0 Å². The first-order valence-electron chi connectivity index (χ1n) is 5.79. The maximum Gasteiger partial charge on any atom is 0.343 e. The maximum absolute atomic E-state index is 12.9. The second kappa shape index (κ2) is 5.24. The Hall–Kier alpha value is -1.89. The molecule has 0 unspecified atom stereocenters. The van der Waals surface area contributed by atoms with Gasteiger partial charge >= 0.3 is 5.97 Å². The molecule has 1 aliphatic heterocycles. The van der Waals surface area contributed by atoms with E-state index in [0.29, 0.717) is 22.7 Å². The summed E-state index contributed by atoms with van der Waals surface area (Å²) in [5, 5.41) is 0. The van der Waals surface area contributed by atoms with E-state index in [1.165, 1.54) is 12.1 Å². The summed E-state index contributed by atoms with van der Waals surface area (Å²) in [7, 11) is 0. The monoisotopic (exact) mass is 382 g/mol. The number of furan rings is 1. The summed E-state index contributed by atoms with van der Waals surface area (Å²) in [6.07, 6.45) is 3.23. The number of carbonyl (C=O) groups is 1. The molecule has 0 bridgehead atoms. The van der Waals surface area contributed by atoms with Crippen molar-refractivity contribution in [2.45, 2.75) is 0 Å². The number of hydrogen-bond donors (Lipinski definition) is 0. The Kier molecular flexibility index (Phi) is 3.43. The van der Waals surface area contributed by atoms with E-state index in [-0.39, 0.29) is 5.82 Å². The van der Waals surface area contributed by atoms with E-state index in [1.807, 2.05) is 22.6 Å². The van der Waals surface area contributed by atoms with Gasteiger partial charge in [0.15, 0.2) is 3.77 Å². The van der Waals surface area contributed by atoms with Crippen LogP contribution in [0.1, 0.15) is 11.3 Å². The molecule has 0 radical (unpaired) electrons. The zero-order valence-corrected chi connectivity index (χ0v) is 12.3. The summed E-state index contributed by atoms with van der Waals surface area (Å²) in [4.78, 5) is 11.8. The van der Waals surface area contributed by atoms with Crippen LogP contribution in [0.25, 0.3) is 11.8 Å². The largest absolute Gasteiger partial charge is 0.451 e. The first-order valence-corrected chi connectivity index (χ1v) is 6.86. The molecule has 0 fully saturated rings. The van der Waals surface area contributed by atoms with Crippen molar-refractivity contribution < 1.29 is 18.3 Å². The lowest BCUT2D eigenvalue weighted by molar-refractivity contribution is -0.130. The van der Waals surface area contributed by atoms with Crippen molar-refractivity contribution in [3.63, 3.8) is 0 Å². The van der Waals surface area contributed by atoms with Gasteiger partial charge in [0.2, 0.25) is 0 Å². The smallest absolute Gasteiger partial charge is 0.343 e. The van der Waals surface area contributed by atoms with Gasteiger partial charge in [-0.25, -0.2) is 9.18 Å². The van der Waals surface area contributed by atoms with Crippen LogP contribution < -0.4 is 0 Å². The van der Waals surface area contributed by atoms with Crippen LogP contribution in [-0.2, 0) is 9.53 Å². The quantitative estimate of drug-likeness (QED) is 0.448. The SMILES string of the molecule is O=C1OC(c2ccc(F)cc2)=CC1=Cc1ccc(I)o1. The van der Waals surface area contributed by atoms with Gasteiger partial charge in [-0.15, -0.1) is 0 Å². The zero-order valence-electron chi connectivity index (χ0n) is 10.1.